The number of nitrogens with zero attached hydrogens (tertiary/aromatic N) is 1. The molecule has 0 spiro atoms. The zero-order valence-corrected chi connectivity index (χ0v) is 7.67. The summed E-state index contributed by atoms with van der Waals surface area (Å²) in [6, 6.07) is 3.71. The van der Waals surface area contributed by atoms with Crippen molar-refractivity contribution in [2.75, 3.05) is 11.6 Å². The molecular formula is C9H11ClN2. The van der Waals surface area contributed by atoms with E-state index in [0.717, 1.165) is 17.1 Å². The van der Waals surface area contributed by atoms with Crippen molar-refractivity contribution in [3.8, 4) is 0 Å². The predicted molar refractivity (Wildman–Crippen MR) is 53.1 cm³/mol. The van der Waals surface area contributed by atoms with E-state index in [9.17, 15) is 0 Å². The number of rotatable bonds is 2. The first-order chi connectivity index (χ1) is 5.74. The van der Waals surface area contributed by atoms with Crippen LogP contribution in [0.1, 0.15) is 11.4 Å². The van der Waals surface area contributed by atoms with E-state index in [1.54, 1.807) is 0 Å². The number of pyridine rings is 1. The number of alkyl halides is 1. The van der Waals surface area contributed by atoms with Gasteiger partial charge in [-0.1, -0.05) is 6.08 Å². The van der Waals surface area contributed by atoms with Crippen LogP contribution in [0.15, 0.2) is 18.2 Å². The van der Waals surface area contributed by atoms with Crippen molar-refractivity contribution in [1.82, 2.24) is 4.98 Å². The second-order valence-corrected chi connectivity index (χ2v) is 2.78. The summed E-state index contributed by atoms with van der Waals surface area (Å²) >= 11 is 5.48. The van der Waals surface area contributed by atoms with Crippen LogP contribution >= 0.6 is 11.6 Å². The highest BCUT2D eigenvalue weighted by atomic mass is 35.5. The lowest BCUT2D eigenvalue weighted by molar-refractivity contribution is 1.19. The highest BCUT2D eigenvalue weighted by molar-refractivity contribution is 6.19. The first-order valence-electron chi connectivity index (χ1n) is 3.69. The third-order valence-corrected chi connectivity index (χ3v) is 1.70. The van der Waals surface area contributed by atoms with Crippen molar-refractivity contribution in [3.63, 3.8) is 0 Å². The summed E-state index contributed by atoms with van der Waals surface area (Å²) in [6.07, 6.45) is 3.72. The average Bonchev–Trinajstić information content (AvgIpc) is 2.07. The molecule has 0 aromatic carbocycles. The van der Waals surface area contributed by atoms with Gasteiger partial charge < -0.3 is 5.73 Å². The Labute approximate surface area is 77.1 Å². The summed E-state index contributed by atoms with van der Waals surface area (Å²) in [5, 5.41) is 0. The summed E-state index contributed by atoms with van der Waals surface area (Å²) < 4.78 is 0. The largest absolute Gasteiger partial charge is 0.397 e. The lowest BCUT2D eigenvalue weighted by Crippen LogP contribution is -1.93. The van der Waals surface area contributed by atoms with Gasteiger partial charge in [-0.25, -0.2) is 0 Å². The zero-order chi connectivity index (χ0) is 8.97. The minimum atomic E-state index is 0.505. The van der Waals surface area contributed by atoms with Crippen LogP contribution in [0.4, 0.5) is 5.69 Å². The van der Waals surface area contributed by atoms with Gasteiger partial charge in [0.2, 0.25) is 0 Å². The van der Waals surface area contributed by atoms with Gasteiger partial charge in [0.05, 0.1) is 17.1 Å². The Bertz CT molecular complexity index is 295. The standard InChI is InChI=1S/C9H11ClN2/c1-7-9(11)5-4-8(12-7)3-2-6-10/h2-5H,6,11H2,1H3. The van der Waals surface area contributed by atoms with E-state index in [0.29, 0.717) is 5.88 Å². The molecule has 0 aliphatic rings. The van der Waals surface area contributed by atoms with E-state index >= 15 is 0 Å². The Balaban J connectivity index is 2.89. The normalized spacial score (nSPS) is 10.8. The molecule has 0 atom stereocenters. The molecule has 64 valence electrons. The molecule has 0 radical (unpaired) electrons. The van der Waals surface area contributed by atoms with Crippen LogP contribution < -0.4 is 5.73 Å². The molecule has 0 aliphatic heterocycles. The third-order valence-electron chi connectivity index (χ3n) is 1.53. The molecule has 0 fully saturated rings. The maximum Gasteiger partial charge on any atom is 0.0631 e. The SMILES string of the molecule is Cc1nc(C=CCCl)ccc1N. The van der Waals surface area contributed by atoms with E-state index in [2.05, 4.69) is 4.98 Å². The van der Waals surface area contributed by atoms with Crippen LogP contribution in [-0.2, 0) is 0 Å². The third kappa shape index (κ3) is 2.24. The Kier molecular flexibility index (Phi) is 3.11. The lowest BCUT2D eigenvalue weighted by Gasteiger charge is -1.98. The Morgan fingerprint density at radius 3 is 2.92 bits per heavy atom. The lowest BCUT2D eigenvalue weighted by atomic mass is 10.2. The Hall–Kier alpha value is -1.02. The fraction of sp³-hybridized carbons (Fsp3) is 0.222. The van der Waals surface area contributed by atoms with Crippen LogP contribution in [0.3, 0.4) is 0 Å². The molecule has 0 amide bonds. The van der Waals surface area contributed by atoms with Gasteiger partial charge in [-0.3, -0.25) is 4.98 Å². The summed E-state index contributed by atoms with van der Waals surface area (Å²) in [5.41, 5.74) is 8.07. The summed E-state index contributed by atoms with van der Waals surface area (Å²) in [7, 11) is 0. The summed E-state index contributed by atoms with van der Waals surface area (Å²) in [4.78, 5) is 4.24. The molecule has 0 unspecified atom stereocenters. The van der Waals surface area contributed by atoms with Crippen molar-refractivity contribution in [2.45, 2.75) is 6.92 Å². The second kappa shape index (κ2) is 4.12. The molecule has 2 nitrogen and oxygen atoms in total. The predicted octanol–water partition coefficient (Wildman–Crippen LogP) is 2.22. The molecule has 0 bridgehead atoms. The first kappa shape index (κ1) is 9.07. The van der Waals surface area contributed by atoms with Gasteiger partial charge in [-0.15, -0.1) is 11.6 Å². The van der Waals surface area contributed by atoms with E-state index in [1.807, 2.05) is 31.2 Å². The van der Waals surface area contributed by atoms with Crippen molar-refractivity contribution in [3.05, 3.63) is 29.6 Å². The Morgan fingerprint density at radius 2 is 2.33 bits per heavy atom. The van der Waals surface area contributed by atoms with Crippen LogP contribution in [0.5, 0.6) is 0 Å². The van der Waals surface area contributed by atoms with E-state index in [1.165, 1.54) is 0 Å². The fourth-order valence-corrected chi connectivity index (χ4v) is 0.938. The molecular weight excluding hydrogens is 172 g/mol. The van der Waals surface area contributed by atoms with Gasteiger partial charge in [0.1, 0.15) is 0 Å². The minimum Gasteiger partial charge on any atom is -0.397 e. The summed E-state index contributed by atoms with van der Waals surface area (Å²) in [6.45, 7) is 1.88. The molecule has 2 N–H and O–H groups in total. The van der Waals surface area contributed by atoms with Crippen molar-refractivity contribution >= 4 is 23.4 Å². The van der Waals surface area contributed by atoms with Gasteiger partial charge >= 0.3 is 0 Å². The molecule has 1 aromatic heterocycles. The number of allylic oxidation sites excluding steroid dienone is 1. The Morgan fingerprint density at radius 1 is 1.58 bits per heavy atom. The van der Waals surface area contributed by atoms with E-state index in [-0.39, 0.29) is 0 Å². The first-order valence-corrected chi connectivity index (χ1v) is 4.23. The number of halogens is 1. The highest BCUT2D eigenvalue weighted by Crippen LogP contribution is 2.08. The molecule has 12 heavy (non-hydrogen) atoms. The number of anilines is 1. The summed E-state index contributed by atoms with van der Waals surface area (Å²) in [5.74, 6) is 0.505. The molecule has 1 heterocycles. The van der Waals surface area contributed by atoms with Crippen LogP contribution in [0, 0.1) is 6.92 Å². The minimum absolute atomic E-state index is 0.505. The fourth-order valence-electron chi connectivity index (χ4n) is 0.849. The molecule has 1 rings (SSSR count). The number of hydrogen-bond acceptors (Lipinski definition) is 2. The smallest absolute Gasteiger partial charge is 0.0631 e. The van der Waals surface area contributed by atoms with E-state index in [4.69, 9.17) is 17.3 Å². The number of aryl methyl sites for hydroxylation is 1. The second-order valence-electron chi connectivity index (χ2n) is 2.47. The van der Waals surface area contributed by atoms with E-state index < -0.39 is 0 Å². The molecule has 3 heteroatoms. The molecule has 0 saturated heterocycles. The maximum atomic E-state index is 5.60. The van der Waals surface area contributed by atoms with Gasteiger partial charge in [-0.05, 0) is 25.1 Å². The van der Waals surface area contributed by atoms with Crippen LogP contribution in [-0.4, -0.2) is 10.9 Å². The number of hydrogen-bond donors (Lipinski definition) is 1. The van der Waals surface area contributed by atoms with Crippen molar-refractivity contribution in [2.24, 2.45) is 0 Å². The monoisotopic (exact) mass is 182 g/mol. The topological polar surface area (TPSA) is 38.9 Å². The van der Waals surface area contributed by atoms with Gasteiger partial charge in [-0.2, -0.15) is 0 Å². The quantitative estimate of drug-likeness (QED) is 0.713. The van der Waals surface area contributed by atoms with Crippen LogP contribution in [0.25, 0.3) is 6.08 Å². The zero-order valence-electron chi connectivity index (χ0n) is 6.92. The van der Waals surface area contributed by atoms with Crippen molar-refractivity contribution < 1.29 is 0 Å². The van der Waals surface area contributed by atoms with Gasteiger partial charge in [0.25, 0.3) is 0 Å². The molecule has 1 aromatic rings. The van der Waals surface area contributed by atoms with Crippen LogP contribution in [0.2, 0.25) is 0 Å². The number of nitrogens with two attached hydrogens (primary N) is 1. The maximum absolute atomic E-state index is 5.60. The van der Waals surface area contributed by atoms with Gasteiger partial charge in [0.15, 0.2) is 0 Å². The number of aromatic nitrogens is 1. The number of nitrogen functional groups attached to an aromatic ring is 1. The highest BCUT2D eigenvalue weighted by Gasteiger charge is 1.93. The van der Waals surface area contributed by atoms with Crippen molar-refractivity contribution in [1.29, 1.82) is 0 Å². The van der Waals surface area contributed by atoms with Gasteiger partial charge in [0, 0.05) is 5.88 Å². The average molecular weight is 183 g/mol. The molecule has 0 aliphatic carbocycles. The molecule has 0 saturated carbocycles.